The van der Waals surface area contributed by atoms with Crippen molar-refractivity contribution in [2.24, 2.45) is 0 Å². The minimum absolute atomic E-state index is 0.0710. The van der Waals surface area contributed by atoms with Gasteiger partial charge in [0.1, 0.15) is 5.60 Å². The first kappa shape index (κ1) is 17.8. The van der Waals surface area contributed by atoms with Crippen molar-refractivity contribution in [3.8, 4) is 0 Å². The highest BCUT2D eigenvalue weighted by Gasteiger charge is 2.19. The molecule has 0 saturated heterocycles. The van der Waals surface area contributed by atoms with E-state index in [4.69, 9.17) is 4.74 Å². The molecule has 0 bridgehead atoms. The van der Waals surface area contributed by atoms with E-state index in [1.54, 1.807) is 32.9 Å². The molecule has 0 unspecified atom stereocenters. The van der Waals surface area contributed by atoms with Gasteiger partial charge in [-0.2, -0.15) is 4.39 Å². The highest BCUT2D eigenvalue weighted by Crippen LogP contribution is 2.24. The van der Waals surface area contributed by atoms with Gasteiger partial charge in [-0.25, -0.2) is 9.78 Å². The largest absolute Gasteiger partial charge is 0.444 e. The van der Waals surface area contributed by atoms with Gasteiger partial charge in [0.2, 0.25) is 5.95 Å². The van der Waals surface area contributed by atoms with Crippen LogP contribution in [-0.4, -0.2) is 26.8 Å². The molecule has 6 nitrogen and oxygen atoms in total. The third-order valence-electron chi connectivity index (χ3n) is 3.10. The van der Waals surface area contributed by atoms with Gasteiger partial charge in [0.25, 0.3) is 0 Å². The number of carbonyl (C=O) groups excluding carboxylic acids is 1. The molecule has 0 radical (unpaired) electrons. The molecule has 0 aliphatic rings. The van der Waals surface area contributed by atoms with Gasteiger partial charge in [0.05, 0.1) is 11.8 Å². The number of nitrogens with one attached hydrogen (secondary N) is 1. The number of aromatic nitrogens is 2. The van der Waals surface area contributed by atoms with Gasteiger partial charge in [-0.15, -0.1) is 0 Å². The van der Waals surface area contributed by atoms with E-state index in [0.717, 1.165) is 0 Å². The predicted molar refractivity (Wildman–Crippen MR) is 87.0 cm³/mol. The summed E-state index contributed by atoms with van der Waals surface area (Å²) < 4.78 is 18.9. The summed E-state index contributed by atoms with van der Waals surface area (Å²) in [7, 11) is 0. The Morgan fingerprint density at radius 3 is 2.79 bits per heavy atom. The van der Waals surface area contributed by atoms with Crippen molar-refractivity contribution in [1.29, 1.82) is 0 Å². The Labute approximate surface area is 139 Å². The zero-order valence-electron chi connectivity index (χ0n) is 13.8. The Morgan fingerprint density at radius 2 is 2.12 bits per heavy atom. The Morgan fingerprint density at radius 1 is 1.38 bits per heavy atom. The van der Waals surface area contributed by atoms with Gasteiger partial charge >= 0.3 is 6.09 Å². The molecular weight excluding hydrogens is 313 g/mol. The molecule has 2 aromatic heterocycles. The van der Waals surface area contributed by atoms with Gasteiger partial charge in [-0.1, -0.05) is 6.07 Å². The number of ether oxygens (including phenoxy) is 1. The Balaban J connectivity index is 2.14. The van der Waals surface area contributed by atoms with Crippen molar-refractivity contribution in [3.63, 3.8) is 0 Å². The van der Waals surface area contributed by atoms with E-state index in [0.29, 0.717) is 11.3 Å². The van der Waals surface area contributed by atoms with Crippen LogP contribution in [0.3, 0.4) is 0 Å². The van der Waals surface area contributed by atoms with E-state index in [1.807, 2.05) is 0 Å². The fourth-order valence-electron chi connectivity index (χ4n) is 2.09. The summed E-state index contributed by atoms with van der Waals surface area (Å²) in [5.74, 6) is -0.726. The van der Waals surface area contributed by atoms with Gasteiger partial charge < -0.3 is 9.84 Å². The minimum Gasteiger partial charge on any atom is -0.444 e. The van der Waals surface area contributed by atoms with Crippen LogP contribution in [0.15, 0.2) is 36.8 Å². The van der Waals surface area contributed by atoms with Gasteiger partial charge in [-0.05, 0) is 38.5 Å². The molecule has 2 aromatic rings. The SMILES string of the molecule is CC(C)(C)OC(=O)Nc1ccncc1C[C@@H](O)c1cccnc1F. The monoisotopic (exact) mass is 333 g/mol. The number of hydrogen-bond acceptors (Lipinski definition) is 5. The number of carbonyl (C=O) groups is 1. The van der Waals surface area contributed by atoms with Gasteiger partial charge in [0.15, 0.2) is 0 Å². The lowest BCUT2D eigenvalue weighted by Gasteiger charge is -2.20. The fourth-order valence-corrected chi connectivity index (χ4v) is 2.09. The molecule has 128 valence electrons. The molecule has 1 amide bonds. The predicted octanol–water partition coefficient (Wildman–Crippen LogP) is 3.24. The second kappa shape index (κ2) is 7.35. The summed E-state index contributed by atoms with van der Waals surface area (Å²) in [4.78, 5) is 19.4. The van der Waals surface area contributed by atoms with Crippen LogP contribution in [0.25, 0.3) is 0 Å². The second-order valence-electron chi connectivity index (χ2n) is 6.26. The summed E-state index contributed by atoms with van der Waals surface area (Å²) in [6.45, 7) is 5.28. The quantitative estimate of drug-likeness (QED) is 0.839. The van der Waals surface area contributed by atoms with Crippen molar-refractivity contribution in [1.82, 2.24) is 9.97 Å². The second-order valence-corrected chi connectivity index (χ2v) is 6.26. The van der Waals surface area contributed by atoms with Crippen LogP contribution in [-0.2, 0) is 11.2 Å². The molecule has 7 heteroatoms. The molecule has 0 saturated carbocycles. The number of hydrogen-bond donors (Lipinski definition) is 2. The first-order valence-corrected chi connectivity index (χ1v) is 7.47. The van der Waals surface area contributed by atoms with Crippen LogP contribution in [0.2, 0.25) is 0 Å². The Kier molecular flexibility index (Phi) is 5.46. The average molecular weight is 333 g/mol. The number of pyridine rings is 2. The topological polar surface area (TPSA) is 84.3 Å². The molecule has 0 aliphatic heterocycles. The molecule has 2 rings (SSSR count). The highest BCUT2D eigenvalue weighted by atomic mass is 19.1. The van der Waals surface area contributed by atoms with Gasteiger partial charge in [0, 0.05) is 30.6 Å². The molecule has 0 fully saturated rings. The summed E-state index contributed by atoms with van der Waals surface area (Å²) in [6, 6.07) is 4.60. The van der Waals surface area contributed by atoms with E-state index in [9.17, 15) is 14.3 Å². The highest BCUT2D eigenvalue weighted by molar-refractivity contribution is 5.85. The van der Waals surface area contributed by atoms with Crippen molar-refractivity contribution in [3.05, 3.63) is 53.9 Å². The lowest BCUT2D eigenvalue weighted by Crippen LogP contribution is -2.27. The molecule has 24 heavy (non-hydrogen) atoms. The first-order chi connectivity index (χ1) is 11.3. The maximum Gasteiger partial charge on any atom is 0.412 e. The van der Waals surface area contributed by atoms with E-state index in [-0.39, 0.29) is 12.0 Å². The number of halogens is 1. The van der Waals surface area contributed by atoms with E-state index in [1.165, 1.54) is 24.7 Å². The van der Waals surface area contributed by atoms with Crippen molar-refractivity contribution >= 4 is 11.8 Å². The summed E-state index contributed by atoms with van der Waals surface area (Å²) in [5.41, 5.74) is 0.460. The number of anilines is 1. The third-order valence-corrected chi connectivity index (χ3v) is 3.10. The number of aliphatic hydroxyl groups excluding tert-OH is 1. The fraction of sp³-hybridized carbons (Fsp3) is 0.353. The lowest BCUT2D eigenvalue weighted by atomic mass is 10.0. The molecule has 1 atom stereocenters. The van der Waals surface area contributed by atoms with Crippen LogP contribution >= 0.6 is 0 Å². The van der Waals surface area contributed by atoms with Gasteiger partial charge in [-0.3, -0.25) is 10.3 Å². The van der Waals surface area contributed by atoms with Crippen LogP contribution in [0.1, 0.15) is 38.0 Å². The Hall–Kier alpha value is -2.54. The maximum atomic E-state index is 13.7. The third kappa shape index (κ3) is 4.99. The number of aliphatic hydroxyl groups is 1. The lowest BCUT2D eigenvalue weighted by molar-refractivity contribution is 0.0635. The van der Waals surface area contributed by atoms with Crippen LogP contribution in [0.4, 0.5) is 14.9 Å². The van der Waals surface area contributed by atoms with Crippen molar-refractivity contribution in [2.45, 2.75) is 38.9 Å². The van der Waals surface area contributed by atoms with E-state index in [2.05, 4.69) is 15.3 Å². The first-order valence-electron chi connectivity index (χ1n) is 7.47. The number of nitrogens with zero attached hydrogens (tertiary/aromatic N) is 2. The number of rotatable bonds is 4. The number of amides is 1. The molecule has 2 N–H and O–H groups in total. The normalized spacial score (nSPS) is 12.5. The van der Waals surface area contributed by atoms with Crippen LogP contribution in [0.5, 0.6) is 0 Å². The average Bonchev–Trinajstić information content (AvgIpc) is 2.47. The van der Waals surface area contributed by atoms with E-state index < -0.39 is 23.7 Å². The minimum atomic E-state index is -1.11. The maximum absolute atomic E-state index is 13.7. The Bertz CT molecular complexity index is 716. The zero-order chi connectivity index (χ0) is 17.7. The van der Waals surface area contributed by atoms with Crippen molar-refractivity contribution < 1.29 is 19.0 Å². The molecular formula is C17H20FN3O3. The van der Waals surface area contributed by atoms with E-state index >= 15 is 0 Å². The zero-order valence-corrected chi connectivity index (χ0v) is 13.8. The summed E-state index contributed by atoms with van der Waals surface area (Å²) in [6.07, 6.45) is 2.67. The van der Waals surface area contributed by atoms with Crippen molar-refractivity contribution in [2.75, 3.05) is 5.32 Å². The van der Waals surface area contributed by atoms with Crippen LogP contribution < -0.4 is 5.32 Å². The standard InChI is InChI=1S/C17H20FN3O3/c1-17(2,3)24-16(23)21-13-6-8-19-10-11(13)9-14(22)12-5-4-7-20-15(12)18/h4-8,10,14,22H,9H2,1-3H3,(H,19,21,23)/t14-/m1/s1. The molecule has 0 spiro atoms. The van der Waals surface area contributed by atoms with Crippen LogP contribution in [0, 0.1) is 5.95 Å². The molecule has 0 aromatic carbocycles. The molecule has 2 heterocycles. The summed E-state index contributed by atoms with van der Waals surface area (Å²) in [5, 5.41) is 12.9. The molecule has 0 aliphatic carbocycles. The smallest absolute Gasteiger partial charge is 0.412 e. The summed E-state index contributed by atoms with van der Waals surface area (Å²) >= 11 is 0.